The van der Waals surface area contributed by atoms with Gasteiger partial charge in [-0.05, 0) is 42.8 Å². The zero-order valence-corrected chi connectivity index (χ0v) is 16.2. The van der Waals surface area contributed by atoms with E-state index in [9.17, 15) is 13.7 Å². The zero-order chi connectivity index (χ0) is 21.0. The van der Waals surface area contributed by atoms with Gasteiger partial charge in [0, 0.05) is 17.3 Å². The Morgan fingerprint density at radius 2 is 1.86 bits per heavy atom. The molecule has 1 N–H and O–H groups in total. The molecule has 0 aliphatic carbocycles. The molecule has 0 bridgehead atoms. The predicted molar refractivity (Wildman–Crippen MR) is 103 cm³/mol. The molecule has 0 aliphatic rings. The lowest BCUT2D eigenvalue weighted by atomic mass is 10.1. The first-order valence-electron chi connectivity index (χ1n) is 8.18. The van der Waals surface area contributed by atoms with Crippen molar-refractivity contribution < 1.29 is 13.2 Å². The molecule has 0 saturated heterocycles. The van der Waals surface area contributed by atoms with Gasteiger partial charge < -0.3 is 4.74 Å². The van der Waals surface area contributed by atoms with Crippen molar-refractivity contribution in [1.82, 2.24) is 15.0 Å². The fourth-order valence-electron chi connectivity index (χ4n) is 2.57. The van der Waals surface area contributed by atoms with Crippen LogP contribution >= 0.6 is 0 Å². The first kappa shape index (κ1) is 19.7. The van der Waals surface area contributed by atoms with Gasteiger partial charge in [0.25, 0.3) is 10.0 Å². The third-order valence-electron chi connectivity index (χ3n) is 3.85. The van der Waals surface area contributed by atoms with Gasteiger partial charge in [0.15, 0.2) is 10.7 Å². The summed E-state index contributed by atoms with van der Waals surface area (Å²) in [7, 11) is -2.61. The van der Waals surface area contributed by atoms with Crippen molar-refractivity contribution in [2.75, 3.05) is 11.8 Å². The number of nitriles is 2. The van der Waals surface area contributed by atoms with E-state index in [1.54, 1.807) is 31.2 Å². The number of hydrogen-bond acceptors (Lipinski definition) is 8. The summed E-state index contributed by atoms with van der Waals surface area (Å²) >= 11 is 0. The van der Waals surface area contributed by atoms with Gasteiger partial charge in [0.1, 0.15) is 18.5 Å². The van der Waals surface area contributed by atoms with Crippen molar-refractivity contribution in [1.29, 1.82) is 10.5 Å². The van der Waals surface area contributed by atoms with Gasteiger partial charge in [0.2, 0.25) is 5.88 Å². The molecule has 0 aliphatic heterocycles. The molecule has 9 nitrogen and oxygen atoms in total. The molecule has 10 heteroatoms. The Hall–Kier alpha value is -4.02. The molecular weight excluding hydrogens is 392 g/mol. The van der Waals surface area contributed by atoms with Gasteiger partial charge in [-0.1, -0.05) is 0 Å². The number of rotatable bonds is 5. The van der Waals surface area contributed by atoms with Gasteiger partial charge in [-0.15, -0.1) is 0 Å². The van der Waals surface area contributed by atoms with Crippen LogP contribution in [-0.4, -0.2) is 30.5 Å². The molecule has 0 atom stereocenters. The standard InChI is InChI=1S/C19H14N6O3S/c1-12-5-14(16-4-3-13(9-20)17(10-21)24-16)7-15(6-12)25-29(26,27)19-8-18(28-2)22-11-23-19/h3-8,11,25H,1-2H3. The minimum absolute atomic E-state index is 0.00159. The van der Waals surface area contributed by atoms with E-state index in [1.165, 1.54) is 19.2 Å². The SMILES string of the molecule is COc1cc(S(=O)(=O)Nc2cc(C)cc(-c3ccc(C#N)c(C#N)n3)c2)ncn1. The molecule has 0 fully saturated rings. The van der Waals surface area contributed by atoms with Crippen LogP contribution in [0.25, 0.3) is 11.3 Å². The van der Waals surface area contributed by atoms with Crippen LogP contribution in [-0.2, 0) is 10.0 Å². The molecular formula is C19H14N6O3S. The summed E-state index contributed by atoms with van der Waals surface area (Å²) in [5, 5.41) is 18.0. The van der Waals surface area contributed by atoms with E-state index in [1.807, 2.05) is 12.1 Å². The van der Waals surface area contributed by atoms with Gasteiger partial charge in [-0.2, -0.15) is 18.9 Å². The summed E-state index contributed by atoms with van der Waals surface area (Å²) in [6, 6.07) is 13.1. The van der Waals surface area contributed by atoms with Crippen molar-refractivity contribution in [2.24, 2.45) is 0 Å². The smallest absolute Gasteiger partial charge is 0.279 e. The van der Waals surface area contributed by atoms with Crippen LogP contribution in [0.1, 0.15) is 16.8 Å². The largest absolute Gasteiger partial charge is 0.481 e. The number of pyridine rings is 1. The topological polar surface area (TPSA) is 142 Å². The molecule has 2 aromatic heterocycles. The Labute approximate surface area is 167 Å². The number of nitrogens with one attached hydrogen (secondary N) is 1. The zero-order valence-electron chi connectivity index (χ0n) is 15.4. The number of sulfonamides is 1. The Kier molecular flexibility index (Phi) is 5.39. The molecule has 0 unspecified atom stereocenters. The maximum atomic E-state index is 12.7. The minimum atomic E-state index is -3.98. The van der Waals surface area contributed by atoms with Crippen LogP contribution in [0.3, 0.4) is 0 Å². The van der Waals surface area contributed by atoms with E-state index >= 15 is 0 Å². The summed E-state index contributed by atoms with van der Waals surface area (Å²) < 4.78 is 32.7. The fourth-order valence-corrected chi connectivity index (χ4v) is 3.55. The van der Waals surface area contributed by atoms with Crippen molar-refractivity contribution >= 4 is 15.7 Å². The van der Waals surface area contributed by atoms with Crippen LogP contribution < -0.4 is 9.46 Å². The molecule has 29 heavy (non-hydrogen) atoms. The second kappa shape index (κ2) is 7.92. The molecule has 0 radical (unpaired) electrons. The molecule has 0 amide bonds. The molecule has 3 rings (SSSR count). The van der Waals surface area contributed by atoms with Crippen molar-refractivity contribution in [3.8, 4) is 29.3 Å². The predicted octanol–water partition coefficient (Wildman–Crippen LogP) is 2.40. The fraction of sp³-hybridized carbons (Fsp3) is 0.105. The number of benzene rings is 1. The Balaban J connectivity index is 2.00. The lowest BCUT2D eigenvalue weighted by molar-refractivity contribution is 0.394. The highest BCUT2D eigenvalue weighted by molar-refractivity contribution is 7.92. The number of methoxy groups -OCH3 is 1. The highest BCUT2D eigenvalue weighted by Gasteiger charge is 2.18. The second-order valence-corrected chi connectivity index (χ2v) is 7.54. The average Bonchev–Trinajstić information content (AvgIpc) is 2.72. The van der Waals surface area contributed by atoms with E-state index < -0.39 is 10.0 Å². The van der Waals surface area contributed by atoms with E-state index in [0.717, 1.165) is 11.9 Å². The number of aromatic nitrogens is 3. The summed E-state index contributed by atoms with van der Waals surface area (Å²) in [5.41, 5.74) is 2.26. The number of aryl methyl sites for hydroxylation is 1. The molecule has 0 spiro atoms. The van der Waals surface area contributed by atoms with Gasteiger partial charge in [-0.3, -0.25) is 4.72 Å². The number of nitrogens with zero attached hydrogens (tertiary/aromatic N) is 5. The van der Waals surface area contributed by atoms with Crippen LogP contribution in [0.2, 0.25) is 0 Å². The monoisotopic (exact) mass is 406 g/mol. The average molecular weight is 406 g/mol. The summed E-state index contributed by atoms with van der Waals surface area (Å²) in [5.74, 6) is 0.121. The van der Waals surface area contributed by atoms with Crippen molar-refractivity contribution in [3.05, 3.63) is 59.5 Å². The Morgan fingerprint density at radius 1 is 1.07 bits per heavy atom. The third kappa shape index (κ3) is 4.29. The molecule has 3 aromatic rings. The Bertz CT molecular complexity index is 1280. The van der Waals surface area contributed by atoms with E-state index in [0.29, 0.717) is 16.9 Å². The van der Waals surface area contributed by atoms with Crippen LogP contribution in [0.4, 0.5) is 5.69 Å². The number of ether oxygens (including phenoxy) is 1. The van der Waals surface area contributed by atoms with Gasteiger partial charge in [-0.25, -0.2) is 15.0 Å². The normalized spacial score (nSPS) is 10.6. The first-order chi connectivity index (χ1) is 13.9. The third-order valence-corrected chi connectivity index (χ3v) is 5.13. The van der Waals surface area contributed by atoms with Crippen LogP contribution in [0, 0.1) is 29.6 Å². The maximum absolute atomic E-state index is 12.7. The van der Waals surface area contributed by atoms with Crippen molar-refractivity contribution in [2.45, 2.75) is 11.9 Å². The molecule has 2 heterocycles. The Morgan fingerprint density at radius 3 is 2.55 bits per heavy atom. The van der Waals surface area contributed by atoms with E-state index in [-0.39, 0.29) is 22.2 Å². The van der Waals surface area contributed by atoms with Crippen LogP contribution in [0.5, 0.6) is 5.88 Å². The molecule has 0 saturated carbocycles. The highest BCUT2D eigenvalue weighted by Crippen LogP contribution is 2.26. The van der Waals surface area contributed by atoms with Crippen LogP contribution in [0.15, 0.2) is 47.8 Å². The summed E-state index contributed by atoms with van der Waals surface area (Å²) in [6.45, 7) is 1.80. The molecule has 1 aromatic carbocycles. The van der Waals surface area contributed by atoms with Gasteiger partial charge in [0.05, 0.1) is 18.4 Å². The maximum Gasteiger partial charge on any atom is 0.279 e. The summed E-state index contributed by atoms with van der Waals surface area (Å²) in [6.07, 6.45) is 1.10. The quantitative estimate of drug-likeness (QED) is 0.637. The summed E-state index contributed by atoms with van der Waals surface area (Å²) in [4.78, 5) is 11.8. The minimum Gasteiger partial charge on any atom is -0.481 e. The van der Waals surface area contributed by atoms with E-state index in [4.69, 9.17) is 10.00 Å². The first-order valence-corrected chi connectivity index (χ1v) is 9.67. The number of anilines is 1. The lowest BCUT2D eigenvalue weighted by Gasteiger charge is -2.11. The lowest BCUT2D eigenvalue weighted by Crippen LogP contribution is -2.15. The highest BCUT2D eigenvalue weighted by atomic mass is 32.2. The van der Waals surface area contributed by atoms with E-state index in [2.05, 4.69) is 19.7 Å². The van der Waals surface area contributed by atoms with Gasteiger partial charge >= 0.3 is 0 Å². The molecule has 144 valence electrons. The number of hydrogen-bond donors (Lipinski definition) is 1. The van der Waals surface area contributed by atoms with Crippen molar-refractivity contribution in [3.63, 3.8) is 0 Å². The second-order valence-electron chi connectivity index (χ2n) is 5.91.